The molecule has 1 atom stereocenters. The Bertz CT molecular complexity index is 1330. The zero-order valence-electron chi connectivity index (χ0n) is 20.1. The first-order valence-corrected chi connectivity index (χ1v) is 11.2. The third-order valence-corrected chi connectivity index (χ3v) is 5.94. The number of aryl methyl sites for hydroxylation is 1. The van der Waals surface area contributed by atoms with Gasteiger partial charge in [0, 0.05) is 43.6 Å². The maximum Gasteiger partial charge on any atom is 0.300 e. The highest BCUT2D eigenvalue weighted by Crippen LogP contribution is 2.43. The molecule has 1 aliphatic heterocycles. The number of ketones is 1. The van der Waals surface area contributed by atoms with E-state index in [-0.39, 0.29) is 17.2 Å². The lowest BCUT2D eigenvalue weighted by atomic mass is 9.94. The maximum atomic E-state index is 13.3. The number of carbonyl (C=O) groups is 3. The Morgan fingerprint density at radius 3 is 2.23 bits per heavy atom. The second-order valence-corrected chi connectivity index (χ2v) is 8.75. The van der Waals surface area contributed by atoms with Crippen molar-refractivity contribution in [3.05, 3.63) is 95.1 Å². The van der Waals surface area contributed by atoms with E-state index in [4.69, 9.17) is 0 Å². The molecule has 0 bridgehead atoms. The van der Waals surface area contributed by atoms with E-state index in [1.54, 1.807) is 36.4 Å². The summed E-state index contributed by atoms with van der Waals surface area (Å²) in [4.78, 5) is 41.5. The number of nitrogens with one attached hydrogen (secondary N) is 1. The number of aliphatic hydroxyl groups excluding tert-OH is 1. The molecule has 2 N–H and O–H groups in total. The SMILES string of the molecule is CC(=O)Nc1cccc(N2C(=O)C(=O)/C(=C(/O)c3ccc(C)cc3)C2c2ccc(N(C)C)cc2)c1. The molecule has 0 radical (unpaired) electrons. The summed E-state index contributed by atoms with van der Waals surface area (Å²) in [7, 11) is 3.85. The largest absolute Gasteiger partial charge is 0.507 e. The molecule has 0 aliphatic carbocycles. The fourth-order valence-corrected chi connectivity index (χ4v) is 4.17. The van der Waals surface area contributed by atoms with E-state index in [0.29, 0.717) is 22.5 Å². The Kier molecular flexibility index (Phi) is 6.42. The number of rotatable bonds is 5. The van der Waals surface area contributed by atoms with Crippen molar-refractivity contribution in [1.82, 2.24) is 0 Å². The minimum atomic E-state index is -0.847. The Morgan fingerprint density at radius 2 is 1.63 bits per heavy atom. The number of carbonyl (C=O) groups excluding carboxylic acids is 3. The highest BCUT2D eigenvalue weighted by atomic mass is 16.3. The Morgan fingerprint density at radius 1 is 0.971 bits per heavy atom. The molecule has 178 valence electrons. The summed E-state index contributed by atoms with van der Waals surface area (Å²) in [6, 6.07) is 20.5. The van der Waals surface area contributed by atoms with Crippen LogP contribution < -0.4 is 15.1 Å². The Balaban J connectivity index is 1.90. The van der Waals surface area contributed by atoms with Crippen LogP contribution in [0.4, 0.5) is 17.1 Å². The maximum absolute atomic E-state index is 13.3. The van der Waals surface area contributed by atoms with Gasteiger partial charge in [0.2, 0.25) is 5.91 Å². The number of hydrogen-bond acceptors (Lipinski definition) is 5. The van der Waals surface area contributed by atoms with Gasteiger partial charge in [-0.25, -0.2) is 0 Å². The van der Waals surface area contributed by atoms with E-state index in [1.807, 2.05) is 62.3 Å². The quantitative estimate of drug-likeness (QED) is 0.323. The van der Waals surface area contributed by atoms with E-state index in [9.17, 15) is 19.5 Å². The molecule has 3 aromatic carbocycles. The van der Waals surface area contributed by atoms with Gasteiger partial charge in [0.05, 0.1) is 11.6 Å². The van der Waals surface area contributed by atoms with Gasteiger partial charge in [-0.05, 0) is 42.8 Å². The molecule has 1 aliphatic rings. The van der Waals surface area contributed by atoms with Gasteiger partial charge in [0.15, 0.2) is 0 Å². The van der Waals surface area contributed by atoms with Crippen LogP contribution in [0.15, 0.2) is 78.4 Å². The molecule has 0 saturated carbocycles. The minimum absolute atomic E-state index is 0.0152. The lowest BCUT2D eigenvalue weighted by Crippen LogP contribution is -2.29. The van der Waals surface area contributed by atoms with E-state index in [1.165, 1.54) is 11.8 Å². The molecule has 7 heteroatoms. The number of hydrogen-bond donors (Lipinski definition) is 2. The molecule has 2 amide bonds. The molecule has 3 aromatic rings. The third-order valence-electron chi connectivity index (χ3n) is 5.94. The van der Waals surface area contributed by atoms with Crippen LogP contribution >= 0.6 is 0 Å². The average molecular weight is 470 g/mol. The van der Waals surface area contributed by atoms with Crippen molar-refractivity contribution in [3.63, 3.8) is 0 Å². The summed E-state index contributed by atoms with van der Waals surface area (Å²) < 4.78 is 0. The topological polar surface area (TPSA) is 90.0 Å². The van der Waals surface area contributed by atoms with Crippen LogP contribution in [0, 0.1) is 6.92 Å². The normalized spacial score (nSPS) is 16.9. The molecular weight excluding hydrogens is 442 g/mol. The lowest BCUT2D eigenvalue weighted by molar-refractivity contribution is -0.132. The third kappa shape index (κ3) is 4.66. The van der Waals surface area contributed by atoms with Crippen molar-refractivity contribution < 1.29 is 19.5 Å². The molecule has 1 fully saturated rings. The first-order valence-electron chi connectivity index (χ1n) is 11.2. The number of anilines is 3. The van der Waals surface area contributed by atoms with Crippen LogP contribution in [0.5, 0.6) is 0 Å². The lowest BCUT2D eigenvalue weighted by Gasteiger charge is -2.26. The van der Waals surface area contributed by atoms with Gasteiger partial charge < -0.3 is 15.3 Å². The summed E-state index contributed by atoms with van der Waals surface area (Å²) in [6.07, 6.45) is 0. The predicted molar refractivity (Wildman–Crippen MR) is 137 cm³/mol. The van der Waals surface area contributed by atoms with Gasteiger partial charge in [-0.15, -0.1) is 0 Å². The summed E-state index contributed by atoms with van der Waals surface area (Å²) >= 11 is 0. The summed E-state index contributed by atoms with van der Waals surface area (Å²) in [5, 5.41) is 13.9. The zero-order chi connectivity index (χ0) is 25.3. The molecular formula is C28H27N3O4. The van der Waals surface area contributed by atoms with Crippen molar-refractivity contribution in [1.29, 1.82) is 0 Å². The number of benzene rings is 3. The van der Waals surface area contributed by atoms with Crippen LogP contribution in [0.3, 0.4) is 0 Å². The second kappa shape index (κ2) is 9.46. The van der Waals surface area contributed by atoms with Gasteiger partial charge in [0.1, 0.15) is 5.76 Å². The van der Waals surface area contributed by atoms with Gasteiger partial charge in [0.25, 0.3) is 11.7 Å². The standard InChI is InChI=1S/C28H27N3O4/c1-17-8-10-20(11-9-17)26(33)24-25(19-12-14-22(15-13-19)30(3)4)31(28(35)27(24)34)23-7-5-6-21(16-23)29-18(2)32/h5-16,25,33H,1-4H3,(H,29,32)/b26-24+. The van der Waals surface area contributed by atoms with Crippen molar-refractivity contribution in [3.8, 4) is 0 Å². The van der Waals surface area contributed by atoms with Crippen molar-refractivity contribution in [2.75, 3.05) is 29.2 Å². The fraction of sp³-hybridized carbons (Fsp3) is 0.179. The van der Waals surface area contributed by atoms with Crippen molar-refractivity contribution in [2.24, 2.45) is 0 Å². The van der Waals surface area contributed by atoms with Crippen LogP contribution in [0.1, 0.15) is 29.7 Å². The van der Waals surface area contributed by atoms with Crippen LogP contribution in [-0.2, 0) is 14.4 Å². The number of amides is 2. The zero-order valence-corrected chi connectivity index (χ0v) is 20.1. The highest BCUT2D eigenvalue weighted by molar-refractivity contribution is 6.51. The second-order valence-electron chi connectivity index (χ2n) is 8.75. The van der Waals surface area contributed by atoms with Crippen LogP contribution in [0.2, 0.25) is 0 Å². The van der Waals surface area contributed by atoms with Gasteiger partial charge in [-0.2, -0.15) is 0 Å². The van der Waals surface area contributed by atoms with Gasteiger partial charge >= 0.3 is 0 Å². The predicted octanol–water partition coefficient (Wildman–Crippen LogP) is 4.65. The molecule has 35 heavy (non-hydrogen) atoms. The number of Topliss-reactive ketones (excluding diaryl/α,β-unsaturated/α-hetero) is 1. The van der Waals surface area contributed by atoms with Gasteiger partial charge in [-0.1, -0.05) is 48.0 Å². The highest BCUT2D eigenvalue weighted by Gasteiger charge is 2.47. The van der Waals surface area contributed by atoms with Crippen LogP contribution in [0.25, 0.3) is 5.76 Å². The van der Waals surface area contributed by atoms with Crippen LogP contribution in [-0.4, -0.2) is 36.8 Å². The van der Waals surface area contributed by atoms with Gasteiger partial charge in [-0.3, -0.25) is 19.3 Å². The monoisotopic (exact) mass is 469 g/mol. The first-order chi connectivity index (χ1) is 16.7. The van der Waals surface area contributed by atoms with Crippen molar-refractivity contribution in [2.45, 2.75) is 19.9 Å². The fourth-order valence-electron chi connectivity index (χ4n) is 4.17. The van der Waals surface area contributed by atoms with E-state index in [2.05, 4.69) is 5.32 Å². The number of aliphatic hydroxyl groups is 1. The minimum Gasteiger partial charge on any atom is -0.507 e. The summed E-state index contributed by atoms with van der Waals surface area (Å²) in [5.74, 6) is -2.00. The van der Waals surface area contributed by atoms with Crippen molar-refractivity contribution >= 4 is 40.4 Å². The smallest absolute Gasteiger partial charge is 0.300 e. The molecule has 1 heterocycles. The number of nitrogens with zero attached hydrogens (tertiary/aromatic N) is 2. The molecule has 1 saturated heterocycles. The van der Waals surface area contributed by atoms with E-state index in [0.717, 1.165) is 11.3 Å². The summed E-state index contributed by atoms with van der Waals surface area (Å²) in [5.41, 5.74) is 4.04. The average Bonchev–Trinajstić information content (AvgIpc) is 3.09. The molecule has 7 nitrogen and oxygen atoms in total. The molecule has 4 rings (SSSR count). The van der Waals surface area contributed by atoms with E-state index >= 15 is 0 Å². The Hall–Kier alpha value is -4.39. The molecule has 0 aromatic heterocycles. The molecule has 1 unspecified atom stereocenters. The first kappa shape index (κ1) is 23.8. The Labute approximate surface area is 204 Å². The van der Waals surface area contributed by atoms with E-state index < -0.39 is 17.7 Å². The molecule has 0 spiro atoms. The summed E-state index contributed by atoms with van der Waals surface area (Å²) in [6.45, 7) is 3.32.